The van der Waals surface area contributed by atoms with E-state index in [1.165, 1.54) is 12.1 Å². The van der Waals surface area contributed by atoms with Crippen LogP contribution in [-0.4, -0.2) is 12.5 Å². The van der Waals surface area contributed by atoms with Crippen LogP contribution in [0.1, 0.15) is 15.9 Å². The standard InChI is InChI=1S/C15H13BrFNO/c16-14-12(7-4-8-13(14)17)15(19)18-10-9-11-5-2-1-3-6-11/h1-8H,9-10H2,(H,18,19). The Morgan fingerprint density at radius 3 is 2.58 bits per heavy atom. The molecule has 0 saturated carbocycles. The number of halogens is 2. The van der Waals surface area contributed by atoms with Crippen LogP contribution in [0.15, 0.2) is 53.0 Å². The van der Waals surface area contributed by atoms with Gasteiger partial charge in [-0.25, -0.2) is 4.39 Å². The topological polar surface area (TPSA) is 29.1 Å². The average molecular weight is 322 g/mol. The molecule has 0 aromatic heterocycles. The maximum atomic E-state index is 13.3. The van der Waals surface area contributed by atoms with E-state index in [0.717, 1.165) is 12.0 Å². The van der Waals surface area contributed by atoms with Gasteiger partial charge in [0.05, 0.1) is 10.0 Å². The molecule has 0 atom stereocenters. The number of hydrogen-bond donors (Lipinski definition) is 1. The summed E-state index contributed by atoms with van der Waals surface area (Å²) in [6.45, 7) is 0.520. The summed E-state index contributed by atoms with van der Waals surface area (Å²) in [5, 5.41) is 2.78. The van der Waals surface area contributed by atoms with E-state index < -0.39 is 5.82 Å². The zero-order valence-corrected chi connectivity index (χ0v) is 11.8. The molecule has 0 saturated heterocycles. The number of benzene rings is 2. The van der Waals surface area contributed by atoms with E-state index >= 15 is 0 Å². The molecule has 0 fully saturated rings. The van der Waals surface area contributed by atoms with Gasteiger partial charge in [-0.3, -0.25) is 4.79 Å². The van der Waals surface area contributed by atoms with E-state index in [-0.39, 0.29) is 10.4 Å². The first-order valence-electron chi connectivity index (χ1n) is 5.94. The molecule has 0 bridgehead atoms. The molecule has 1 amide bonds. The molecule has 0 radical (unpaired) electrons. The van der Waals surface area contributed by atoms with Gasteiger partial charge in [-0.2, -0.15) is 0 Å². The van der Waals surface area contributed by atoms with E-state index in [2.05, 4.69) is 21.2 Å². The summed E-state index contributed by atoms with van der Waals surface area (Å²) in [5.74, 6) is -0.710. The van der Waals surface area contributed by atoms with Crippen molar-refractivity contribution in [3.05, 3.63) is 69.9 Å². The normalized spacial score (nSPS) is 10.2. The maximum Gasteiger partial charge on any atom is 0.252 e. The largest absolute Gasteiger partial charge is 0.352 e. The van der Waals surface area contributed by atoms with Crippen molar-refractivity contribution >= 4 is 21.8 Å². The van der Waals surface area contributed by atoms with Gasteiger partial charge in [0.15, 0.2) is 0 Å². The average Bonchev–Trinajstić information content (AvgIpc) is 2.43. The SMILES string of the molecule is O=C(NCCc1ccccc1)c1cccc(F)c1Br. The summed E-state index contributed by atoms with van der Waals surface area (Å²) in [6.07, 6.45) is 0.750. The minimum Gasteiger partial charge on any atom is -0.352 e. The predicted molar refractivity (Wildman–Crippen MR) is 76.6 cm³/mol. The third kappa shape index (κ3) is 3.64. The van der Waals surface area contributed by atoms with E-state index in [9.17, 15) is 9.18 Å². The van der Waals surface area contributed by atoms with Gasteiger partial charge in [-0.05, 0) is 40.0 Å². The molecular formula is C15H13BrFNO. The van der Waals surface area contributed by atoms with Gasteiger partial charge in [0, 0.05) is 6.54 Å². The van der Waals surface area contributed by atoms with Crippen LogP contribution in [0.2, 0.25) is 0 Å². The molecule has 2 aromatic carbocycles. The second-order valence-electron chi connectivity index (χ2n) is 4.09. The molecule has 0 spiro atoms. The van der Waals surface area contributed by atoms with Crippen molar-refractivity contribution in [1.82, 2.24) is 5.32 Å². The molecule has 0 heterocycles. The molecule has 0 unspecified atom stereocenters. The highest BCUT2D eigenvalue weighted by Crippen LogP contribution is 2.20. The zero-order chi connectivity index (χ0) is 13.7. The van der Waals surface area contributed by atoms with Crippen molar-refractivity contribution in [3.8, 4) is 0 Å². The molecule has 4 heteroatoms. The van der Waals surface area contributed by atoms with E-state index in [0.29, 0.717) is 12.1 Å². The minimum atomic E-state index is -0.435. The van der Waals surface area contributed by atoms with Gasteiger partial charge in [-0.15, -0.1) is 0 Å². The van der Waals surface area contributed by atoms with Crippen LogP contribution < -0.4 is 5.32 Å². The van der Waals surface area contributed by atoms with Crippen molar-refractivity contribution < 1.29 is 9.18 Å². The molecule has 98 valence electrons. The Kier molecular flexibility index (Phi) is 4.68. The lowest BCUT2D eigenvalue weighted by Crippen LogP contribution is -2.26. The third-order valence-electron chi connectivity index (χ3n) is 2.74. The molecule has 19 heavy (non-hydrogen) atoms. The first-order chi connectivity index (χ1) is 9.18. The molecule has 1 N–H and O–H groups in total. The minimum absolute atomic E-state index is 0.201. The van der Waals surface area contributed by atoms with Crippen LogP contribution >= 0.6 is 15.9 Å². The Morgan fingerprint density at radius 2 is 1.84 bits per heavy atom. The smallest absolute Gasteiger partial charge is 0.252 e. The lowest BCUT2D eigenvalue weighted by Gasteiger charge is -2.07. The van der Waals surface area contributed by atoms with Crippen LogP contribution in [-0.2, 0) is 6.42 Å². The van der Waals surface area contributed by atoms with Gasteiger partial charge in [0.1, 0.15) is 5.82 Å². The summed E-state index contributed by atoms with van der Waals surface area (Å²) in [7, 11) is 0. The number of nitrogens with one attached hydrogen (secondary N) is 1. The number of rotatable bonds is 4. The summed E-state index contributed by atoms with van der Waals surface area (Å²) in [5.41, 5.74) is 1.47. The fraction of sp³-hybridized carbons (Fsp3) is 0.133. The predicted octanol–water partition coefficient (Wildman–Crippen LogP) is 3.56. The quantitative estimate of drug-likeness (QED) is 0.916. The zero-order valence-electron chi connectivity index (χ0n) is 10.2. The van der Waals surface area contributed by atoms with Crippen molar-refractivity contribution in [2.45, 2.75) is 6.42 Å². The highest BCUT2D eigenvalue weighted by atomic mass is 79.9. The highest BCUT2D eigenvalue weighted by molar-refractivity contribution is 9.10. The Labute approximate surface area is 119 Å². The molecular weight excluding hydrogens is 309 g/mol. The molecule has 2 rings (SSSR count). The fourth-order valence-electron chi connectivity index (χ4n) is 1.74. The van der Waals surface area contributed by atoms with Crippen LogP contribution in [0.3, 0.4) is 0 Å². The Balaban J connectivity index is 1.93. The second-order valence-corrected chi connectivity index (χ2v) is 4.89. The van der Waals surface area contributed by atoms with Crippen molar-refractivity contribution in [2.24, 2.45) is 0 Å². The number of carbonyl (C=O) groups is 1. The Morgan fingerprint density at radius 1 is 1.11 bits per heavy atom. The number of carbonyl (C=O) groups excluding carboxylic acids is 1. The second kappa shape index (κ2) is 6.48. The number of amides is 1. The third-order valence-corrected chi connectivity index (χ3v) is 3.54. The summed E-state index contributed by atoms with van der Waals surface area (Å²) >= 11 is 3.08. The van der Waals surface area contributed by atoms with Crippen molar-refractivity contribution in [3.63, 3.8) is 0 Å². The van der Waals surface area contributed by atoms with Gasteiger partial charge in [0.2, 0.25) is 0 Å². The Bertz CT molecular complexity index is 572. The lowest BCUT2D eigenvalue weighted by atomic mass is 10.1. The van der Waals surface area contributed by atoms with Crippen LogP contribution in [0.25, 0.3) is 0 Å². The van der Waals surface area contributed by atoms with Gasteiger partial charge in [0.25, 0.3) is 5.91 Å². The van der Waals surface area contributed by atoms with Crippen molar-refractivity contribution in [2.75, 3.05) is 6.54 Å². The highest BCUT2D eigenvalue weighted by Gasteiger charge is 2.12. The Hall–Kier alpha value is -1.68. The fourth-order valence-corrected chi connectivity index (χ4v) is 2.18. The van der Waals surface area contributed by atoms with E-state index in [4.69, 9.17) is 0 Å². The summed E-state index contributed by atoms with van der Waals surface area (Å²) in [6, 6.07) is 14.3. The van der Waals surface area contributed by atoms with E-state index in [1.807, 2.05) is 30.3 Å². The van der Waals surface area contributed by atoms with Crippen LogP contribution in [0.4, 0.5) is 4.39 Å². The van der Waals surface area contributed by atoms with Gasteiger partial charge in [-0.1, -0.05) is 36.4 Å². The molecule has 0 aliphatic carbocycles. The van der Waals surface area contributed by atoms with Gasteiger partial charge < -0.3 is 5.32 Å². The molecule has 2 nitrogen and oxygen atoms in total. The number of hydrogen-bond acceptors (Lipinski definition) is 1. The van der Waals surface area contributed by atoms with Crippen LogP contribution in [0.5, 0.6) is 0 Å². The molecule has 2 aromatic rings. The van der Waals surface area contributed by atoms with Crippen LogP contribution in [0, 0.1) is 5.82 Å². The maximum absolute atomic E-state index is 13.3. The first-order valence-corrected chi connectivity index (χ1v) is 6.74. The first kappa shape index (κ1) is 13.7. The van der Waals surface area contributed by atoms with Gasteiger partial charge >= 0.3 is 0 Å². The van der Waals surface area contributed by atoms with E-state index in [1.54, 1.807) is 6.07 Å². The molecule has 0 aliphatic rings. The summed E-state index contributed by atoms with van der Waals surface area (Å²) in [4.78, 5) is 11.9. The molecule has 0 aliphatic heterocycles. The van der Waals surface area contributed by atoms with Crippen molar-refractivity contribution in [1.29, 1.82) is 0 Å². The lowest BCUT2D eigenvalue weighted by molar-refractivity contribution is 0.0953. The summed E-state index contributed by atoms with van der Waals surface area (Å²) < 4.78 is 13.5. The monoisotopic (exact) mass is 321 g/mol.